The normalized spacial score (nSPS) is 24.1. The van der Waals surface area contributed by atoms with Gasteiger partial charge in [-0.15, -0.1) is 11.6 Å². The summed E-state index contributed by atoms with van der Waals surface area (Å²) in [7, 11) is 0. The number of ether oxygens (including phenoxy) is 2. The molecule has 1 saturated carbocycles. The second-order valence-corrected chi connectivity index (χ2v) is 11.1. The van der Waals surface area contributed by atoms with Gasteiger partial charge in [-0.25, -0.2) is 0 Å². The highest BCUT2D eigenvalue weighted by Crippen LogP contribution is 2.41. The molecule has 2 aliphatic rings. The fraction of sp³-hybridized carbons (Fsp3) is 0.760. The molecule has 0 radical (unpaired) electrons. The van der Waals surface area contributed by atoms with Crippen molar-refractivity contribution >= 4 is 23.4 Å². The first-order chi connectivity index (χ1) is 15.0. The highest BCUT2D eigenvalue weighted by atomic mass is 35.5. The molecule has 1 saturated heterocycles. The van der Waals surface area contributed by atoms with Gasteiger partial charge in [0.15, 0.2) is 0 Å². The lowest BCUT2D eigenvalue weighted by Gasteiger charge is -2.40. The number of rotatable bonds is 11. The van der Waals surface area contributed by atoms with Crippen molar-refractivity contribution < 1.29 is 14.6 Å². The van der Waals surface area contributed by atoms with Crippen molar-refractivity contribution in [2.24, 2.45) is 5.92 Å². The predicted octanol–water partition coefficient (Wildman–Crippen LogP) is 4.96. The predicted molar refractivity (Wildman–Crippen MR) is 132 cm³/mol. The van der Waals surface area contributed by atoms with Crippen molar-refractivity contribution in [2.75, 3.05) is 50.2 Å². The molecule has 1 aromatic carbocycles. The van der Waals surface area contributed by atoms with Gasteiger partial charge in [0.25, 0.3) is 0 Å². The van der Waals surface area contributed by atoms with Gasteiger partial charge in [-0.3, -0.25) is 0 Å². The molecule has 1 N–H and O–H groups in total. The first-order valence-electron chi connectivity index (χ1n) is 11.9. The zero-order valence-corrected chi connectivity index (χ0v) is 20.8. The van der Waals surface area contributed by atoms with Crippen LogP contribution in [0.15, 0.2) is 24.3 Å². The molecule has 2 fully saturated rings. The van der Waals surface area contributed by atoms with Crippen LogP contribution in [-0.4, -0.2) is 72.4 Å². The summed E-state index contributed by atoms with van der Waals surface area (Å²) in [5, 5.41) is 9.60. The largest absolute Gasteiger partial charge is 0.494 e. The minimum Gasteiger partial charge on any atom is -0.494 e. The SMILES string of the molecule is CC(C)(c1ccc(OCCCN2CCSCC2)cc1)C1CCC(OC[C@@H](O)CCl)CC1. The Hall–Kier alpha value is -0.460. The van der Waals surface area contributed by atoms with Crippen LogP contribution in [0.1, 0.15) is 51.5 Å². The van der Waals surface area contributed by atoms with E-state index in [-0.39, 0.29) is 17.4 Å². The molecule has 1 aliphatic carbocycles. The van der Waals surface area contributed by atoms with Crippen LogP contribution in [0.2, 0.25) is 0 Å². The molecule has 1 aliphatic heterocycles. The molecule has 0 amide bonds. The van der Waals surface area contributed by atoms with Gasteiger partial charge < -0.3 is 19.5 Å². The maximum absolute atomic E-state index is 9.60. The third-order valence-corrected chi connectivity index (χ3v) is 8.29. The summed E-state index contributed by atoms with van der Waals surface area (Å²) in [6, 6.07) is 8.76. The molecular formula is C25H40ClNO3S. The molecule has 1 atom stereocenters. The Labute approximate surface area is 198 Å². The summed E-state index contributed by atoms with van der Waals surface area (Å²) < 4.78 is 11.8. The average Bonchev–Trinajstić information content (AvgIpc) is 2.81. The molecule has 3 rings (SSSR count). The van der Waals surface area contributed by atoms with Crippen LogP contribution in [-0.2, 0) is 10.2 Å². The number of benzene rings is 1. The molecular weight excluding hydrogens is 430 g/mol. The summed E-state index contributed by atoms with van der Waals surface area (Å²) in [5.41, 5.74) is 1.51. The summed E-state index contributed by atoms with van der Waals surface area (Å²) in [4.78, 5) is 2.55. The fourth-order valence-corrected chi connectivity index (χ4v) is 5.83. The van der Waals surface area contributed by atoms with E-state index in [1.807, 2.05) is 0 Å². The number of hydrogen-bond acceptors (Lipinski definition) is 5. The lowest BCUT2D eigenvalue weighted by Crippen LogP contribution is -2.35. The standard InChI is InChI=1S/C25H40ClNO3S/c1-25(2,21-6-10-24(11-7-21)30-19-22(28)18-26)20-4-8-23(9-5-20)29-15-3-12-27-13-16-31-17-14-27/h4-5,8-9,21-22,24,28H,3,6-7,10-19H2,1-2H3/t21?,22-,24?/m0/s1. The van der Waals surface area contributed by atoms with Gasteiger partial charge in [-0.1, -0.05) is 26.0 Å². The molecule has 4 nitrogen and oxygen atoms in total. The smallest absolute Gasteiger partial charge is 0.119 e. The van der Waals surface area contributed by atoms with Gasteiger partial charge in [0.2, 0.25) is 0 Å². The van der Waals surface area contributed by atoms with Gasteiger partial charge in [-0.05, 0) is 61.1 Å². The van der Waals surface area contributed by atoms with Gasteiger partial charge in [-0.2, -0.15) is 11.8 Å². The van der Waals surface area contributed by atoms with Crippen LogP contribution in [0.4, 0.5) is 0 Å². The lowest BCUT2D eigenvalue weighted by molar-refractivity contribution is -0.0277. The molecule has 31 heavy (non-hydrogen) atoms. The van der Waals surface area contributed by atoms with Crippen molar-refractivity contribution in [3.8, 4) is 5.75 Å². The van der Waals surface area contributed by atoms with E-state index in [0.717, 1.165) is 51.0 Å². The number of halogens is 1. The third-order valence-electron chi connectivity index (χ3n) is 6.99. The molecule has 0 spiro atoms. The molecule has 0 bridgehead atoms. The van der Waals surface area contributed by atoms with E-state index in [1.54, 1.807) is 0 Å². The van der Waals surface area contributed by atoms with E-state index in [1.165, 1.54) is 30.2 Å². The zero-order chi connectivity index (χ0) is 22.1. The Kier molecular flexibility index (Phi) is 10.3. The maximum Gasteiger partial charge on any atom is 0.119 e. The second kappa shape index (κ2) is 12.7. The number of nitrogens with zero attached hydrogens (tertiary/aromatic N) is 1. The first-order valence-corrected chi connectivity index (χ1v) is 13.6. The Bertz CT molecular complexity index is 628. The van der Waals surface area contributed by atoms with Crippen molar-refractivity contribution in [1.82, 2.24) is 4.90 Å². The second-order valence-electron chi connectivity index (χ2n) is 9.52. The number of aliphatic hydroxyl groups excluding tert-OH is 1. The molecule has 176 valence electrons. The third kappa shape index (κ3) is 7.82. The van der Waals surface area contributed by atoms with E-state index in [9.17, 15) is 5.11 Å². The Balaban J connectivity index is 1.40. The van der Waals surface area contributed by atoms with Crippen molar-refractivity contribution in [3.63, 3.8) is 0 Å². The molecule has 0 aromatic heterocycles. The molecule has 1 heterocycles. The maximum atomic E-state index is 9.60. The van der Waals surface area contributed by atoms with Crippen LogP contribution in [0.5, 0.6) is 5.75 Å². The number of alkyl halides is 1. The Morgan fingerprint density at radius 1 is 1.13 bits per heavy atom. The van der Waals surface area contributed by atoms with Crippen LogP contribution in [0.3, 0.4) is 0 Å². The van der Waals surface area contributed by atoms with Crippen molar-refractivity contribution in [3.05, 3.63) is 29.8 Å². The molecule has 0 unspecified atom stereocenters. The van der Waals surface area contributed by atoms with Crippen molar-refractivity contribution in [2.45, 2.75) is 63.6 Å². The van der Waals surface area contributed by atoms with E-state index < -0.39 is 6.10 Å². The van der Waals surface area contributed by atoms with Gasteiger partial charge in [0, 0.05) is 31.1 Å². The van der Waals surface area contributed by atoms with Gasteiger partial charge in [0.1, 0.15) is 5.75 Å². The number of aliphatic hydroxyl groups is 1. The average molecular weight is 470 g/mol. The topological polar surface area (TPSA) is 41.9 Å². The number of hydrogen-bond donors (Lipinski definition) is 1. The fourth-order valence-electron chi connectivity index (χ4n) is 4.76. The molecule has 1 aromatic rings. The van der Waals surface area contributed by atoms with Crippen molar-refractivity contribution in [1.29, 1.82) is 0 Å². The summed E-state index contributed by atoms with van der Waals surface area (Å²) in [5.74, 6) is 4.39. The highest BCUT2D eigenvalue weighted by molar-refractivity contribution is 7.99. The van der Waals surface area contributed by atoms with Crippen LogP contribution < -0.4 is 4.74 Å². The van der Waals surface area contributed by atoms with Gasteiger partial charge >= 0.3 is 0 Å². The minimum absolute atomic E-state index is 0.130. The van der Waals surface area contributed by atoms with E-state index >= 15 is 0 Å². The number of thioether (sulfide) groups is 1. The summed E-state index contributed by atoms with van der Waals surface area (Å²) >= 11 is 7.72. The summed E-state index contributed by atoms with van der Waals surface area (Å²) in [6.07, 6.45) is 5.21. The van der Waals surface area contributed by atoms with Crippen LogP contribution in [0, 0.1) is 5.92 Å². The van der Waals surface area contributed by atoms with E-state index in [2.05, 4.69) is 54.8 Å². The zero-order valence-electron chi connectivity index (χ0n) is 19.2. The minimum atomic E-state index is -0.555. The Morgan fingerprint density at radius 3 is 2.45 bits per heavy atom. The van der Waals surface area contributed by atoms with Crippen LogP contribution >= 0.6 is 23.4 Å². The van der Waals surface area contributed by atoms with E-state index in [4.69, 9.17) is 21.1 Å². The summed E-state index contributed by atoms with van der Waals surface area (Å²) in [6.45, 7) is 9.44. The Morgan fingerprint density at radius 2 is 1.81 bits per heavy atom. The van der Waals surface area contributed by atoms with Gasteiger partial charge in [0.05, 0.1) is 31.3 Å². The van der Waals surface area contributed by atoms with E-state index in [0.29, 0.717) is 12.5 Å². The first kappa shape index (κ1) is 25.2. The molecule has 6 heteroatoms. The van der Waals surface area contributed by atoms with Crippen LogP contribution in [0.25, 0.3) is 0 Å². The lowest BCUT2D eigenvalue weighted by atomic mass is 9.67. The quantitative estimate of drug-likeness (QED) is 0.366. The monoisotopic (exact) mass is 469 g/mol. The highest BCUT2D eigenvalue weighted by Gasteiger charge is 2.34.